The van der Waals surface area contributed by atoms with Crippen LogP contribution in [0.5, 0.6) is 5.75 Å². The molecule has 1 fully saturated rings. The van der Waals surface area contributed by atoms with Crippen LogP contribution in [-0.2, 0) is 4.79 Å². The number of amides is 1. The van der Waals surface area contributed by atoms with Crippen LogP contribution in [0.15, 0.2) is 33.9 Å². The minimum Gasteiger partial charge on any atom is -0.493 e. The number of carbonyl (C=O) groups excluding carboxylic acids is 1. The average Bonchev–Trinajstić information content (AvgIpc) is 3.04. The van der Waals surface area contributed by atoms with E-state index in [1.54, 1.807) is 6.92 Å². The fraction of sp³-hybridized carbons (Fsp3) is 0.500. The predicted molar refractivity (Wildman–Crippen MR) is 95.7 cm³/mol. The zero-order valence-electron chi connectivity index (χ0n) is 14.6. The molecule has 134 valence electrons. The molecular weight excluding hydrogens is 338 g/mol. The van der Waals surface area contributed by atoms with E-state index in [2.05, 4.69) is 10.2 Å². The van der Waals surface area contributed by atoms with Gasteiger partial charge < -0.3 is 14.1 Å². The number of piperidine rings is 1. The number of rotatable bonds is 6. The van der Waals surface area contributed by atoms with Crippen LogP contribution in [0.1, 0.15) is 24.3 Å². The van der Waals surface area contributed by atoms with Crippen molar-refractivity contribution < 1.29 is 13.9 Å². The Morgan fingerprint density at radius 2 is 2.20 bits per heavy atom. The van der Waals surface area contributed by atoms with Crippen molar-refractivity contribution in [1.29, 1.82) is 0 Å². The molecule has 3 rings (SSSR count). The maximum absolute atomic E-state index is 12.4. The first-order chi connectivity index (χ1) is 12.1. The zero-order chi connectivity index (χ0) is 17.6. The minimum absolute atomic E-state index is 0.112. The molecule has 0 N–H and O–H groups in total. The first-order valence-corrected chi connectivity index (χ1v) is 9.49. The summed E-state index contributed by atoms with van der Waals surface area (Å²) in [5.74, 6) is 2.25. The number of benzene rings is 1. The molecule has 0 unspecified atom stereocenters. The Bertz CT molecular complexity index is 719. The Balaban J connectivity index is 1.47. The molecule has 1 aromatic carbocycles. The largest absolute Gasteiger partial charge is 0.493 e. The third-order valence-corrected chi connectivity index (χ3v) is 5.07. The summed E-state index contributed by atoms with van der Waals surface area (Å²) >= 11 is 1.29. The second-order valence-electron chi connectivity index (χ2n) is 6.30. The molecule has 1 amide bonds. The van der Waals surface area contributed by atoms with Gasteiger partial charge in [-0.15, -0.1) is 10.2 Å². The van der Waals surface area contributed by atoms with Gasteiger partial charge >= 0.3 is 0 Å². The van der Waals surface area contributed by atoms with Crippen LogP contribution in [0.2, 0.25) is 0 Å². The quantitative estimate of drug-likeness (QED) is 0.737. The number of likely N-dealkylation sites (tertiary alicyclic amines) is 1. The van der Waals surface area contributed by atoms with Gasteiger partial charge in [0, 0.05) is 25.9 Å². The number of aryl methyl sites for hydroxylation is 2. The SMILES string of the molecule is Cc1nnc(SCC(=O)N2CCC[C@H](COc3ccccc3C)C2)o1. The first kappa shape index (κ1) is 17.8. The smallest absolute Gasteiger partial charge is 0.277 e. The van der Waals surface area contributed by atoms with Gasteiger partial charge in [-0.2, -0.15) is 0 Å². The molecule has 2 aromatic rings. The molecule has 0 saturated carbocycles. The van der Waals surface area contributed by atoms with E-state index in [0.29, 0.717) is 29.4 Å². The van der Waals surface area contributed by atoms with Crippen LogP contribution in [-0.4, -0.2) is 46.5 Å². The monoisotopic (exact) mass is 361 g/mol. The Labute approximate surface area is 151 Å². The van der Waals surface area contributed by atoms with Crippen molar-refractivity contribution in [3.8, 4) is 5.75 Å². The maximum Gasteiger partial charge on any atom is 0.277 e. The van der Waals surface area contributed by atoms with Gasteiger partial charge in [-0.05, 0) is 31.4 Å². The fourth-order valence-electron chi connectivity index (χ4n) is 2.91. The summed E-state index contributed by atoms with van der Waals surface area (Å²) in [6.07, 6.45) is 2.10. The Morgan fingerprint density at radius 1 is 1.36 bits per heavy atom. The second-order valence-corrected chi connectivity index (χ2v) is 7.23. The molecule has 25 heavy (non-hydrogen) atoms. The van der Waals surface area contributed by atoms with Gasteiger partial charge in [0.25, 0.3) is 5.22 Å². The van der Waals surface area contributed by atoms with E-state index in [0.717, 1.165) is 37.2 Å². The first-order valence-electron chi connectivity index (χ1n) is 8.51. The Kier molecular flexibility index (Phi) is 5.96. The normalized spacial score (nSPS) is 17.5. The lowest BCUT2D eigenvalue weighted by molar-refractivity contribution is -0.130. The summed E-state index contributed by atoms with van der Waals surface area (Å²) in [6.45, 7) is 5.98. The van der Waals surface area contributed by atoms with Crippen LogP contribution in [0.3, 0.4) is 0 Å². The molecule has 1 aliphatic rings. The maximum atomic E-state index is 12.4. The van der Waals surface area contributed by atoms with Crippen LogP contribution < -0.4 is 4.74 Å². The van der Waals surface area contributed by atoms with Gasteiger partial charge in [0.15, 0.2) is 0 Å². The van der Waals surface area contributed by atoms with Crippen molar-refractivity contribution in [3.05, 3.63) is 35.7 Å². The van der Waals surface area contributed by atoms with Gasteiger partial charge in [-0.3, -0.25) is 4.79 Å². The van der Waals surface area contributed by atoms with E-state index in [1.165, 1.54) is 11.8 Å². The van der Waals surface area contributed by atoms with Crippen molar-refractivity contribution >= 4 is 17.7 Å². The van der Waals surface area contributed by atoms with Gasteiger partial charge in [-0.25, -0.2) is 0 Å². The summed E-state index contributed by atoms with van der Waals surface area (Å²) < 4.78 is 11.3. The van der Waals surface area contributed by atoms with E-state index < -0.39 is 0 Å². The van der Waals surface area contributed by atoms with Crippen molar-refractivity contribution in [3.63, 3.8) is 0 Å². The van der Waals surface area contributed by atoms with E-state index in [4.69, 9.17) is 9.15 Å². The van der Waals surface area contributed by atoms with E-state index in [-0.39, 0.29) is 5.91 Å². The summed E-state index contributed by atoms with van der Waals surface area (Å²) in [5.41, 5.74) is 1.14. The van der Waals surface area contributed by atoms with Gasteiger partial charge in [-0.1, -0.05) is 30.0 Å². The van der Waals surface area contributed by atoms with Crippen LogP contribution in [0.25, 0.3) is 0 Å². The highest BCUT2D eigenvalue weighted by atomic mass is 32.2. The van der Waals surface area contributed by atoms with E-state index in [9.17, 15) is 4.79 Å². The van der Waals surface area contributed by atoms with Crippen LogP contribution in [0.4, 0.5) is 0 Å². The number of aromatic nitrogens is 2. The second kappa shape index (κ2) is 8.38. The number of ether oxygens (including phenoxy) is 1. The lowest BCUT2D eigenvalue weighted by Crippen LogP contribution is -2.42. The number of para-hydroxylation sites is 1. The lowest BCUT2D eigenvalue weighted by atomic mass is 9.99. The van der Waals surface area contributed by atoms with Gasteiger partial charge in [0.05, 0.1) is 12.4 Å². The summed E-state index contributed by atoms with van der Waals surface area (Å²) in [6, 6.07) is 8.02. The zero-order valence-corrected chi connectivity index (χ0v) is 15.4. The molecule has 0 bridgehead atoms. The average molecular weight is 361 g/mol. The predicted octanol–water partition coefficient (Wildman–Crippen LogP) is 3.10. The number of nitrogens with zero attached hydrogens (tertiary/aromatic N) is 3. The minimum atomic E-state index is 0.112. The number of hydrogen-bond donors (Lipinski definition) is 0. The van der Waals surface area contributed by atoms with Gasteiger partial charge in [0.1, 0.15) is 5.75 Å². The highest BCUT2D eigenvalue weighted by Crippen LogP contribution is 2.22. The van der Waals surface area contributed by atoms with Crippen LogP contribution in [0, 0.1) is 19.8 Å². The molecule has 1 aromatic heterocycles. The Hall–Kier alpha value is -2.02. The topological polar surface area (TPSA) is 68.5 Å². The summed E-state index contributed by atoms with van der Waals surface area (Å²) in [7, 11) is 0. The third-order valence-electron chi connectivity index (χ3n) is 4.27. The van der Waals surface area contributed by atoms with Crippen LogP contribution >= 0.6 is 11.8 Å². The van der Waals surface area contributed by atoms with Gasteiger partial charge in [0.2, 0.25) is 11.8 Å². The van der Waals surface area contributed by atoms with E-state index >= 15 is 0 Å². The molecule has 1 aliphatic heterocycles. The van der Waals surface area contributed by atoms with Crippen molar-refractivity contribution in [2.75, 3.05) is 25.4 Å². The number of carbonyl (C=O) groups is 1. The lowest BCUT2D eigenvalue weighted by Gasteiger charge is -2.32. The highest BCUT2D eigenvalue weighted by Gasteiger charge is 2.24. The molecule has 1 saturated heterocycles. The number of thioether (sulfide) groups is 1. The molecule has 0 radical (unpaired) electrons. The third kappa shape index (κ3) is 4.98. The highest BCUT2D eigenvalue weighted by molar-refractivity contribution is 7.99. The molecule has 0 spiro atoms. The molecule has 6 nitrogen and oxygen atoms in total. The molecule has 2 heterocycles. The molecule has 1 atom stereocenters. The standard InChI is InChI=1S/C18H23N3O3S/c1-13-6-3-4-8-16(13)23-11-15-7-5-9-21(10-15)17(22)12-25-18-20-19-14(2)24-18/h3-4,6,8,15H,5,7,9-12H2,1-2H3/t15-/m0/s1. The molecule has 0 aliphatic carbocycles. The number of hydrogen-bond acceptors (Lipinski definition) is 6. The summed E-state index contributed by atoms with van der Waals surface area (Å²) in [4.78, 5) is 14.3. The van der Waals surface area contributed by atoms with Crippen molar-refractivity contribution in [2.24, 2.45) is 5.92 Å². The summed E-state index contributed by atoms with van der Waals surface area (Å²) in [5, 5.41) is 8.12. The van der Waals surface area contributed by atoms with Crippen molar-refractivity contribution in [1.82, 2.24) is 15.1 Å². The molecule has 7 heteroatoms. The molecular formula is C18H23N3O3S. The fourth-order valence-corrected chi connectivity index (χ4v) is 3.61. The Morgan fingerprint density at radius 3 is 2.96 bits per heavy atom. The van der Waals surface area contributed by atoms with Crippen molar-refractivity contribution in [2.45, 2.75) is 31.9 Å². The van der Waals surface area contributed by atoms with E-state index in [1.807, 2.05) is 36.1 Å².